The van der Waals surface area contributed by atoms with Gasteiger partial charge in [0, 0.05) is 41.3 Å². The van der Waals surface area contributed by atoms with Crippen molar-refractivity contribution >= 4 is 22.3 Å². The number of aromatic nitrogens is 5. The van der Waals surface area contributed by atoms with Crippen LogP contribution in [0.15, 0.2) is 42.9 Å². The first-order valence-electron chi connectivity index (χ1n) is 13.5. The SMILES string of the molecule is CCc1ncccc1C(Nc1cc(C#N)c2ncc(C#N)c(NCC(C)(C)C)c2c1)c1cn(C2(C(F)F)CC2)nn1. The van der Waals surface area contributed by atoms with E-state index in [9.17, 15) is 19.3 Å². The molecule has 5 rings (SSSR count). The Morgan fingerprint density at radius 1 is 1.12 bits per heavy atom. The van der Waals surface area contributed by atoms with Gasteiger partial charge in [-0.25, -0.2) is 13.5 Å². The lowest BCUT2D eigenvalue weighted by atomic mass is 9.96. The number of alkyl halides is 2. The zero-order valence-corrected chi connectivity index (χ0v) is 23.4. The minimum Gasteiger partial charge on any atom is -0.383 e. The molecule has 210 valence electrons. The van der Waals surface area contributed by atoms with E-state index in [1.807, 2.05) is 25.1 Å². The molecule has 0 amide bonds. The molecule has 0 saturated heterocycles. The maximum absolute atomic E-state index is 13.8. The largest absolute Gasteiger partial charge is 0.383 e. The zero-order valence-electron chi connectivity index (χ0n) is 23.4. The van der Waals surface area contributed by atoms with Crippen LogP contribution in [0.3, 0.4) is 0 Å². The van der Waals surface area contributed by atoms with E-state index < -0.39 is 18.0 Å². The molecule has 1 unspecified atom stereocenters. The second-order valence-corrected chi connectivity index (χ2v) is 11.6. The highest BCUT2D eigenvalue weighted by molar-refractivity contribution is 5.99. The maximum atomic E-state index is 13.8. The van der Waals surface area contributed by atoms with Crippen molar-refractivity contribution in [2.24, 2.45) is 5.41 Å². The number of halogens is 2. The molecular weight excluding hydrogens is 524 g/mol. The molecule has 0 spiro atoms. The molecule has 1 aliphatic carbocycles. The van der Waals surface area contributed by atoms with Gasteiger partial charge in [0.15, 0.2) is 0 Å². The van der Waals surface area contributed by atoms with Crippen molar-refractivity contribution in [2.75, 3.05) is 17.2 Å². The van der Waals surface area contributed by atoms with Crippen LogP contribution in [-0.2, 0) is 12.0 Å². The van der Waals surface area contributed by atoms with Crippen LogP contribution in [0.25, 0.3) is 10.9 Å². The monoisotopic (exact) mass is 555 g/mol. The van der Waals surface area contributed by atoms with Gasteiger partial charge in [-0.05, 0) is 42.9 Å². The number of aryl methyl sites for hydroxylation is 1. The van der Waals surface area contributed by atoms with E-state index in [2.05, 4.69) is 63.8 Å². The van der Waals surface area contributed by atoms with Gasteiger partial charge < -0.3 is 10.6 Å². The molecule has 11 heteroatoms. The van der Waals surface area contributed by atoms with Crippen molar-refractivity contribution in [1.82, 2.24) is 25.0 Å². The van der Waals surface area contributed by atoms with Gasteiger partial charge >= 0.3 is 0 Å². The maximum Gasteiger partial charge on any atom is 0.263 e. The highest BCUT2D eigenvalue weighted by Crippen LogP contribution is 2.48. The predicted octanol–water partition coefficient (Wildman–Crippen LogP) is 5.94. The third-order valence-corrected chi connectivity index (χ3v) is 7.32. The smallest absolute Gasteiger partial charge is 0.263 e. The number of nitriles is 2. The summed E-state index contributed by atoms with van der Waals surface area (Å²) in [6, 6.07) is 11.1. The normalized spacial score (nSPS) is 14.9. The first-order chi connectivity index (χ1) is 19.6. The van der Waals surface area contributed by atoms with E-state index in [4.69, 9.17) is 0 Å². The van der Waals surface area contributed by atoms with E-state index in [0.29, 0.717) is 64.9 Å². The summed E-state index contributed by atoms with van der Waals surface area (Å²) in [4.78, 5) is 8.95. The van der Waals surface area contributed by atoms with Gasteiger partial charge in [-0.1, -0.05) is 39.0 Å². The Hall–Kier alpha value is -4.64. The highest BCUT2D eigenvalue weighted by atomic mass is 19.3. The summed E-state index contributed by atoms with van der Waals surface area (Å²) in [5.41, 5.74) is 3.03. The van der Waals surface area contributed by atoms with Crippen LogP contribution in [0.1, 0.15) is 74.7 Å². The Balaban J connectivity index is 1.64. The summed E-state index contributed by atoms with van der Waals surface area (Å²) < 4.78 is 29.0. The van der Waals surface area contributed by atoms with E-state index in [1.54, 1.807) is 18.5 Å². The van der Waals surface area contributed by atoms with Crippen LogP contribution in [0, 0.1) is 28.1 Å². The number of benzene rings is 1. The van der Waals surface area contributed by atoms with E-state index in [-0.39, 0.29) is 5.41 Å². The third kappa shape index (κ3) is 5.40. The number of hydrogen-bond donors (Lipinski definition) is 2. The minimum absolute atomic E-state index is 0.0683. The van der Waals surface area contributed by atoms with Crippen molar-refractivity contribution in [1.29, 1.82) is 10.5 Å². The second-order valence-electron chi connectivity index (χ2n) is 11.6. The third-order valence-electron chi connectivity index (χ3n) is 7.32. The highest BCUT2D eigenvalue weighted by Gasteiger charge is 2.54. The summed E-state index contributed by atoms with van der Waals surface area (Å²) in [6.45, 7) is 8.83. The van der Waals surface area contributed by atoms with Crippen molar-refractivity contribution in [2.45, 2.75) is 65.0 Å². The van der Waals surface area contributed by atoms with E-state index >= 15 is 0 Å². The Kier molecular flexibility index (Phi) is 7.31. The van der Waals surface area contributed by atoms with E-state index in [1.165, 1.54) is 10.9 Å². The number of anilines is 2. The average Bonchev–Trinajstić information content (AvgIpc) is 3.63. The van der Waals surface area contributed by atoms with Gasteiger partial charge in [0.1, 0.15) is 23.4 Å². The van der Waals surface area contributed by atoms with Gasteiger partial charge in [0.2, 0.25) is 0 Å². The van der Waals surface area contributed by atoms with Crippen LogP contribution in [0.2, 0.25) is 0 Å². The molecule has 2 N–H and O–H groups in total. The zero-order chi connectivity index (χ0) is 29.4. The molecule has 9 nitrogen and oxygen atoms in total. The molecule has 0 radical (unpaired) electrons. The lowest BCUT2D eigenvalue weighted by Crippen LogP contribution is -2.26. The molecule has 4 aromatic rings. The van der Waals surface area contributed by atoms with Crippen molar-refractivity contribution < 1.29 is 8.78 Å². The molecule has 0 aliphatic heterocycles. The van der Waals surface area contributed by atoms with Crippen molar-refractivity contribution in [3.63, 3.8) is 0 Å². The summed E-state index contributed by atoms with van der Waals surface area (Å²) in [6.07, 6.45) is 3.52. The molecule has 1 aliphatic rings. The van der Waals surface area contributed by atoms with E-state index in [0.717, 1.165) is 11.3 Å². The van der Waals surface area contributed by atoms with Gasteiger partial charge in [0.25, 0.3) is 6.43 Å². The fourth-order valence-electron chi connectivity index (χ4n) is 4.89. The number of nitrogens with zero attached hydrogens (tertiary/aromatic N) is 7. The molecule has 1 saturated carbocycles. The van der Waals surface area contributed by atoms with Crippen molar-refractivity contribution in [3.05, 3.63) is 70.9 Å². The van der Waals surface area contributed by atoms with Crippen LogP contribution in [0.4, 0.5) is 20.2 Å². The number of hydrogen-bond acceptors (Lipinski definition) is 8. The summed E-state index contributed by atoms with van der Waals surface area (Å²) >= 11 is 0. The molecular formula is C30H31F2N9. The number of rotatable bonds is 9. The lowest BCUT2D eigenvalue weighted by Gasteiger charge is -2.23. The molecule has 1 fully saturated rings. The van der Waals surface area contributed by atoms with Crippen LogP contribution >= 0.6 is 0 Å². The van der Waals surface area contributed by atoms with Gasteiger partial charge in [-0.3, -0.25) is 9.97 Å². The Morgan fingerprint density at radius 3 is 2.51 bits per heavy atom. The fourth-order valence-corrected chi connectivity index (χ4v) is 4.89. The predicted molar refractivity (Wildman–Crippen MR) is 151 cm³/mol. The second kappa shape index (κ2) is 10.7. The van der Waals surface area contributed by atoms with Crippen LogP contribution in [-0.4, -0.2) is 37.9 Å². The summed E-state index contributed by atoms with van der Waals surface area (Å²) in [7, 11) is 0. The molecule has 1 atom stereocenters. The van der Waals surface area contributed by atoms with Crippen molar-refractivity contribution in [3.8, 4) is 12.1 Å². The molecule has 41 heavy (non-hydrogen) atoms. The van der Waals surface area contributed by atoms with Crippen LogP contribution in [0.5, 0.6) is 0 Å². The molecule has 3 aromatic heterocycles. The topological polar surface area (TPSA) is 128 Å². The molecule has 0 bridgehead atoms. The van der Waals surface area contributed by atoms with Gasteiger partial charge in [-0.2, -0.15) is 10.5 Å². The van der Waals surface area contributed by atoms with Gasteiger partial charge in [0.05, 0.1) is 34.6 Å². The molecule has 3 heterocycles. The number of fused-ring (bicyclic) bond motifs is 1. The minimum atomic E-state index is -2.55. The van der Waals surface area contributed by atoms with Gasteiger partial charge in [-0.15, -0.1) is 5.10 Å². The lowest BCUT2D eigenvalue weighted by molar-refractivity contribution is 0.0593. The molecule has 1 aromatic carbocycles. The van der Waals surface area contributed by atoms with Crippen LogP contribution < -0.4 is 10.6 Å². The Labute approximate surface area is 237 Å². The first kappa shape index (κ1) is 27.9. The average molecular weight is 556 g/mol. The number of nitrogens with one attached hydrogen (secondary N) is 2. The summed E-state index contributed by atoms with van der Waals surface area (Å²) in [5, 5.41) is 35.8. The fraction of sp³-hybridized carbons (Fsp3) is 0.400. The quantitative estimate of drug-likeness (QED) is 0.260. The first-order valence-corrected chi connectivity index (χ1v) is 13.5. The summed E-state index contributed by atoms with van der Waals surface area (Å²) in [5.74, 6) is 0. The number of pyridine rings is 2. The Morgan fingerprint density at radius 2 is 1.88 bits per heavy atom. The standard InChI is InChI=1S/C30H31F2N9/c1-5-23-21(7-6-10-35-23)27(24-16-41(40-39-24)30(8-9-30)28(31)32)38-20-11-18(13-33)25-22(12-20)26(19(14-34)15-36-25)37-17-29(2,3)4/h6-7,10-12,15-16,27-28,38H,5,8-9,17H2,1-4H3,(H,36,37). The Bertz CT molecular complexity index is 1670.